The highest BCUT2D eigenvalue weighted by atomic mass is 32.2. The molecule has 0 radical (unpaired) electrons. The second kappa shape index (κ2) is 15.3. The molecule has 1 aromatic heterocycles. The van der Waals surface area contributed by atoms with Crippen LogP contribution in [0.5, 0.6) is 0 Å². The molecule has 1 aliphatic heterocycles. The molecule has 1 saturated heterocycles. The third-order valence-electron chi connectivity index (χ3n) is 7.87. The number of aromatic nitrogens is 1. The molecule has 3 aromatic rings. The number of amides is 2. The van der Waals surface area contributed by atoms with E-state index >= 15 is 0 Å². The van der Waals surface area contributed by atoms with Gasteiger partial charge in [0.25, 0.3) is 0 Å². The van der Waals surface area contributed by atoms with Crippen molar-refractivity contribution in [2.45, 2.75) is 69.3 Å². The Morgan fingerprint density at radius 1 is 1.02 bits per heavy atom. The van der Waals surface area contributed by atoms with Crippen molar-refractivity contribution in [3.05, 3.63) is 60.3 Å². The highest BCUT2D eigenvalue weighted by Gasteiger charge is 2.29. The van der Waals surface area contributed by atoms with Crippen LogP contribution in [-0.4, -0.2) is 61.6 Å². The molecule has 224 valence electrons. The third kappa shape index (κ3) is 9.03. The Bertz CT molecular complexity index is 1330. The molecule has 0 unspecified atom stereocenters. The van der Waals surface area contributed by atoms with Crippen LogP contribution in [0.15, 0.2) is 59.6 Å². The first-order valence-electron chi connectivity index (χ1n) is 15.0. The van der Waals surface area contributed by atoms with E-state index in [0.29, 0.717) is 37.8 Å². The Hall–Kier alpha value is -2.92. The van der Waals surface area contributed by atoms with Crippen molar-refractivity contribution in [1.82, 2.24) is 19.9 Å². The number of nitrogens with one attached hydrogen (secondary N) is 4. The molecule has 10 heteroatoms. The summed E-state index contributed by atoms with van der Waals surface area (Å²) in [6.45, 7) is 4.92. The number of rotatable bonds is 15. The molecule has 2 amide bonds. The van der Waals surface area contributed by atoms with E-state index in [1.807, 2.05) is 30.5 Å². The topological polar surface area (TPSA) is 127 Å². The summed E-state index contributed by atoms with van der Waals surface area (Å²) >= 11 is 0. The lowest BCUT2D eigenvalue weighted by molar-refractivity contribution is 0.169. The number of aromatic amines is 1. The Morgan fingerprint density at radius 2 is 1.76 bits per heavy atom. The molecule has 1 aliphatic rings. The average molecular weight is 584 g/mol. The van der Waals surface area contributed by atoms with Crippen LogP contribution in [0.1, 0.15) is 70.0 Å². The summed E-state index contributed by atoms with van der Waals surface area (Å²) in [6, 6.07) is 14.0. The van der Waals surface area contributed by atoms with E-state index in [-0.39, 0.29) is 10.9 Å². The number of urea groups is 1. The minimum absolute atomic E-state index is 0.231. The number of aliphatic hydroxyl groups is 1. The normalized spacial score (nSPS) is 15.7. The maximum atomic E-state index is 13.2. The van der Waals surface area contributed by atoms with E-state index in [4.69, 9.17) is 0 Å². The number of carbonyl (C=O) groups excluding carboxylic acids is 1. The zero-order chi connectivity index (χ0) is 29.1. The standard InChI is InChI=1S/C31H45N5O4S/c1-2-3-4-5-6-7-17-34-31(38)35-27-9-11-28(12-10-27)41(39,40)36-19-15-24(16-20-36)22-32-23-30(37)26-8-13-29-25(21-26)14-18-33-29/h8-14,18,21,24,30,32-33,37H,2-7,15-17,19-20,22-23H2,1H3,(H2,34,35,38)/t30-/m0/s1. The maximum absolute atomic E-state index is 13.2. The number of piperidine rings is 1. The highest BCUT2D eigenvalue weighted by molar-refractivity contribution is 7.89. The van der Waals surface area contributed by atoms with E-state index < -0.39 is 16.1 Å². The average Bonchev–Trinajstić information content (AvgIpc) is 3.45. The van der Waals surface area contributed by atoms with Gasteiger partial charge in [0.1, 0.15) is 0 Å². The molecule has 0 aliphatic carbocycles. The second-order valence-corrected chi connectivity index (χ2v) is 13.0. The number of hydrogen-bond donors (Lipinski definition) is 5. The van der Waals surface area contributed by atoms with Crippen LogP contribution >= 0.6 is 0 Å². The number of carbonyl (C=O) groups is 1. The summed E-state index contributed by atoms with van der Waals surface area (Å²) in [5, 5.41) is 20.7. The molecular weight excluding hydrogens is 538 g/mol. The number of unbranched alkanes of at least 4 members (excludes halogenated alkanes) is 5. The van der Waals surface area contributed by atoms with Gasteiger partial charge in [-0.2, -0.15) is 4.31 Å². The number of benzene rings is 2. The molecule has 1 fully saturated rings. The Kier molecular flexibility index (Phi) is 11.6. The first kappa shape index (κ1) is 31.0. The smallest absolute Gasteiger partial charge is 0.319 e. The van der Waals surface area contributed by atoms with Crippen molar-refractivity contribution in [2.75, 3.05) is 38.0 Å². The lowest BCUT2D eigenvalue weighted by atomic mass is 9.98. The van der Waals surface area contributed by atoms with Gasteiger partial charge in [-0.15, -0.1) is 0 Å². The fourth-order valence-electron chi connectivity index (χ4n) is 5.32. The SMILES string of the molecule is CCCCCCCCNC(=O)Nc1ccc(S(=O)(=O)N2CCC(CNC[C@H](O)c3ccc4[nH]ccc4c3)CC2)cc1. The molecule has 0 bridgehead atoms. The second-order valence-electron chi connectivity index (χ2n) is 11.0. The number of sulfonamides is 1. The number of nitrogens with zero attached hydrogens (tertiary/aromatic N) is 1. The van der Waals surface area contributed by atoms with Crippen molar-refractivity contribution in [3.63, 3.8) is 0 Å². The number of H-pyrrole nitrogens is 1. The van der Waals surface area contributed by atoms with Crippen molar-refractivity contribution in [2.24, 2.45) is 5.92 Å². The van der Waals surface area contributed by atoms with Gasteiger partial charge in [0.15, 0.2) is 0 Å². The zero-order valence-electron chi connectivity index (χ0n) is 24.1. The van der Waals surface area contributed by atoms with Gasteiger partial charge in [0.05, 0.1) is 11.0 Å². The minimum atomic E-state index is -3.60. The molecule has 5 N–H and O–H groups in total. The maximum Gasteiger partial charge on any atom is 0.319 e. The third-order valence-corrected chi connectivity index (χ3v) is 9.79. The highest BCUT2D eigenvalue weighted by Crippen LogP contribution is 2.25. The van der Waals surface area contributed by atoms with Gasteiger partial charge >= 0.3 is 6.03 Å². The Labute approximate surface area is 244 Å². The molecule has 41 heavy (non-hydrogen) atoms. The van der Waals surface area contributed by atoms with Crippen LogP contribution in [0.25, 0.3) is 10.9 Å². The molecule has 9 nitrogen and oxygen atoms in total. The molecule has 4 rings (SSSR count). The van der Waals surface area contributed by atoms with Crippen LogP contribution in [0, 0.1) is 5.92 Å². The Morgan fingerprint density at radius 3 is 2.51 bits per heavy atom. The van der Waals surface area contributed by atoms with Crippen molar-refractivity contribution in [3.8, 4) is 0 Å². The fourth-order valence-corrected chi connectivity index (χ4v) is 6.79. The Balaban J connectivity index is 1.15. The van der Waals surface area contributed by atoms with Crippen LogP contribution in [0.2, 0.25) is 0 Å². The number of fused-ring (bicyclic) bond motifs is 1. The minimum Gasteiger partial charge on any atom is -0.387 e. The number of aliphatic hydroxyl groups excluding tert-OH is 1. The lowest BCUT2D eigenvalue weighted by Gasteiger charge is -2.31. The first-order chi connectivity index (χ1) is 19.9. The van der Waals surface area contributed by atoms with Gasteiger partial charge in [-0.25, -0.2) is 13.2 Å². The van der Waals surface area contributed by atoms with Gasteiger partial charge in [-0.3, -0.25) is 0 Å². The molecule has 0 spiro atoms. The van der Waals surface area contributed by atoms with Gasteiger partial charge in [-0.05, 0) is 85.1 Å². The van der Waals surface area contributed by atoms with Gasteiger partial charge < -0.3 is 26.0 Å². The molecule has 1 atom stereocenters. The first-order valence-corrected chi connectivity index (χ1v) is 16.4. The monoisotopic (exact) mass is 583 g/mol. The molecular formula is C31H45N5O4S. The number of hydrogen-bond acceptors (Lipinski definition) is 5. The molecule has 0 saturated carbocycles. The van der Waals surface area contributed by atoms with Crippen molar-refractivity contribution < 1.29 is 18.3 Å². The summed E-state index contributed by atoms with van der Waals surface area (Å²) in [5.74, 6) is 0.349. The zero-order valence-corrected chi connectivity index (χ0v) is 24.9. The summed E-state index contributed by atoms with van der Waals surface area (Å²) in [4.78, 5) is 15.5. The summed E-state index contributed by atoms with van der Waals surface area (Å²) in [6.07, 6.45) is 9.78. The fraction of sp³-hybridized carbons (Fsp3) is 0.516. The summed E-state index contributed by atoms with van der Waals surface area (Å²) < 4.78 is 28.0. The van der Waals surface area contributed by atoms with Crippen LogP contribution in [0.4, 0.5) is 10.5 Å². The summed E-state index contributed by atoms with van der Waals surface area (Å²) in [5.41, 5.74) is 2.48. The van der Waals surface area contributed by atoms with Crippen LogP contribution < -0.4 is 16.0 Å². The largest absolute Gasteiger partial charge is 0.387 e. The van der Waals surface area contributed by atoms with Gasteiger partial charge in [-0.1, -0.05) is 45.1 Å². The quantitative estimate of drug-likeness (QED) is 0.154. The predicted molar refractivity (Wildman–Crippen MR) is 164 cm³/mol. The van der Waals surface area contributed by atoms with Crippen LogP contribution in [0.3, 0.4) is 0 Å². The molecule has 2 aromatic carbocycles. The van der Waals surface area contributed by atoms with Crippen molar-refractivity contribution in [1.29, 1.82) is 0 Å². The van der Waals surface area contributed by atoms with Crippen molar-refractivity contribution >= 4 is 32.6 Å². The van der Waals surface area contributed by atoms with E-state index in [0.717, 1.165) is 48.7 Å². The van der Waals surface area contributed by atoms with E-state index in [9.17, 15) is 18.3 Å². The van der Waals surface area contributed by atoms with Crippen LogP contribution in [-0.2, 0) is 10.0 Å². The van der Waals surface area contributed by atoms with Gasteiger partial charge in [0.2, 0.25) is 10.0 Å². The molecule has 2 heterocycles. The van der Waals surface area contributed by atoms with E-state index in [1.165, 1.54) is 25.7 Å². The van der Waals surface area contributed by atoms with Gasteiger partial charge in [0, 0.05) is 43.6 Å². The lowest BCUT2D eigenvalue weighted by Crippen LogP contribution is -2.41. The summed E-state index contributed by atoms with van der Waals surface area (Å²) in [7, 11) is -3.60. The number of anilines is 1. The van der Waals surface area contributed by atoms with E-state index in [2.05, 4.69) is 27.9 Å². The van der Waals surface area contributed by atoms with E-state index in [1.54, 1.807) is 28.6 Å². The predicted octanol–water partition coefficient (Wildman–Crippen LogP) is 5.37.